The van der Waals surface area contributed by atoms with E-state index >= 15 is 0 Å². The molecule has 0 aromatic heterocycles. The van der Waals surface area contributed by atoms with Gasteiger partial charge in [0.1, 0.15) is 5.50 Å². The van der Waals surface area contributed by atoms with Crippen molar-refractivity contribution in [1.29, 1.82) is 0 Å². The number of hydrogen-bond donors (Lipinski definition) is 1. The number of hydrogen-bond acceptors (Lipinski definition) is 4. The summed E-state index contributed by atoms with van der Waals surface area (Å²) in [6.07, 6.45) is 4.76. The molecule has 0 radical (unpaired) electrons. The van der Waals surface area contributed by atoms with Gasteiger partial charge in [0.2, 0.25) is 5.91 Å². The first-order valence-corrected chi connectivity index (χ1v) is 8.05. The summed E-state index contributed by atoms with van der Waals surface area (Å²) >= 11 is 4.94. The summed E-state index contributed by atoms with van der Waals surface area (Å²) in [5.74, 6) is -0.0997. The number of thioether (sulfide) groups is 1. The average Bonchev–Trinajstić information content (AvgIpc) is 2.84. The van der Waals surface area contributed by atoms with Gasteiger partial charge < -0.3 is 10.6 Å². The Morgan fingerprint density at radius 1 is 1.45 bits per heavy atom. The number of nitrogens with zero attached hydrogens (tertiary/aromatic N) is 2. The number of aliphatic imine (C=N–C) groups is 1. The molecule has 1 aromatic rings. The third-order valence-electron chi connectivity index (χ3n) is 2.83. The smallest absolute Gasteiger partial charge is 0.245 e. The Morgan fingerprint density at radius 2 is 2.20 bits per heavy atom. The molecule has 1 heterocycles. The first kappa shape index (κ1) is 15.3. The van der Waals surface area contributed by atoms with E-state index in [0.717, 1.165) is 23.0 Å². The van der Waals surface area contributed by atoms with Gasteiger partial charge in [0.15, 0.2) is 0 Å². The van der Waals surface area contributed by atoms with E-state index in [2.05, 4.69) is 20.9 Å². The minimum absolute atomic E-state index is 0.0173. The summed E-state index contributed by atoms with van der Waals surface area (Å²) in [4.78, 5) is 17.6. The molecule has 1 aromatic carbocycles. The van der Waals surface area contributed by atoms with Crippen LogP contribution < -0.4 is 5.73 Å². The largest absolute Gasteiger partial charge is 0.353 e. The second-order valence-electron chi connectivity index (χ2n) is 4.36. The standard InChI is InChI=1S/C14H16BrN3OS/c15-12-5-3-11(4-6-12)10-17-13(19)2-1-7-18-8-9-20-14(18)16/h3-6,8-10,14H,1-2,7,16H2. The van der Waals surface area contributed by atoms with Gasteiger partial charge in [0.05, 0.1) is 0 Å². The third-order valence-corrected chi connectivity index (χ3v) is 4.19. The topological polar surface area (TPSA) is 58.7 Å². The van der Waals surface area contributed by atoms with E-state index in [4.69, 9.17) is 5.73 Å². The Morgan fingerprint density at radius 3 is 2.85 bits per heavy atom. The molecule has 6 heteroatoms. The molecule has 1 amide bonds. The zero-order valence-electron chi connectivity index (χ0n) is 10.9. The quantitative estimate of drug-likeness (QED) is 0.826. The molecular formula is C14H16BrN3OS. The van der Waals surface area contributed by atoms with E-state index in [0.29, 0.717) is 6.42 Å². The van der Waals surface area contributed by atoms with E-state index in [1.54, 1.807) is 18.0 Å². The monoisotopic (exact) mass is 353 g/mol. The minimum Gasteiger partial charge on any atom is -0.353 e. The molecule has 1 aliphatic heterocycles. The molecule has 1 aliphatic rings. The van der Waals surface area contributed by atoms with Crippen LogP contribution in [-0.2, 0) is 4.79 Å². The summed E-state index contributed by atoms with van der Waals surface area (Å²) < 4.78 is 1.01. The molecule has 1 unspecified atom stereocenters. The van der Waals surface area contributed by atoms with E-state index in [-0.39, 0.29) is 11.4 Å². The van der Waals surface area contributed by atoms with Crippen molar-refractivity contribution in [3.63, 3.8) is 0 Å². The molecule has 106 valence electrons. The van der Waals surface area contributed by atoms with Crippen LogP contribution in [0, 0.1) is 0 Å². The SMILES string of the molecule is NC1SC=CN1CCCC(=O)N=Cc1ccc(Br)cc1. The number of benzene rings is 1. The predicted octanol–water partition coefficient (Wildman–Crippen LogP) is 2.94. The van der Waals surface area contributed by atoms with Crippen molar-refractivity contribution < 1.29 is 4.79 Å². The molecular weight excluding hydrogens is 338 g/mol. The lowest BCUT2D eigenvalue weighted by Crippen LogP contribution is -2.33. The van der Waals surface area contributed by atoms with E-state index in [9.17, 15) is 4.79 Å². The Bertz CT molecular complexity index is 516. The van der Waals surface area contributed by atoms with Crippen molar-refractivity contribution in [3.8, 4) is 0 Å². The fourth-order valence-corrected chi connectivity index (χ4v) is 2.72. The highest BCUT2D eigenvalue weighted by molar-refractivity contribution is 9.10. The highest BCUT2D eigenvalue weighted by atomic mass is 79.9. The summed E-state index contributed by atoms with van der Waals surface area (Å²) in [7, 11) is 0. The fraction of sp³-hybridized carbons (Fsp3) is 0.286. The molecule has 0 fully saturated rings. The molecule has 2 N–H and O–H groups in total. The Kier molecular flexibility index (Phi) is 5.82. The van der Waals surface area contributed by atoms with Crippen LogP contribution in [0.2, 0.25) is 0 Å². The number of amides is 1. The first-order valence-electron chi connectivity index (χ1n) is 6.31. The van der Waals surface area contributed by atoms with Crippen molar-refractivity contribution in [3.05, 3.63) is 45.9 Å². The molecule has 0 spiro atoms. The van der Waals surface area contributed by atoms with Crippen LogP contribution in [-0.4, -0.2) is 29.1 Å². The number of nitrogens with two attached hydrogens (primary N) is 1. The van der Waals surface area contributed by atoms with E-state index in [1.807, 2.05) is 40.8 Å². The number of rotatable bonds is 5. The predicted molar refractivity (Wildman–Crippen MR) is 87.4 cm³/mol. The third kappa shape index (κ3) is 4.77. The zero-order valence-corrected chi connectivity index (χ0v) is 13.3. The van der Waals surface area contributed by atoms with Crippen LogP contribution >= 0.6 is 27.7 Å². The molecule has 2 rings (SSSR count). The first-order chi connectivity index (χ1) is 9.65. The lowest BCUT2D eigenvalue weighted by molar-refractivity contribution is -0.117. The zero-order chi connectivity index (χ0) is 14.4. The summed E-state index contributed by atoms with van der Waals surface area (Å²) in [5, 5.41) is 1.97. The van der Waals surface area contributed by atoms with Crippen LogP contribution in [0.15, 0.2) is 45.3 Å². The molecule has 0 saturated carbocycles. The van der Waals surface area contributed by atoms with Gasteiger partial charge in [-0.15, -0.1) is 0 Å². The Hall–Kier alpha value is -1.11. The molecule has 1 atom stereocenters. The second kappa shape index (κ2) is 7.61. The van der Waals surface area contributed by atoms with E-state index < -0.39 is 0 Å². The number of halogens is 1. The van der Waals surface area contributed by atoms with Gasteiger partial charge in [-0.25, -0.2) is 4.99 Å². The molecule has 4 nitrogen and oxygen atoms in total. The molecule has 20 heavy (non-hydrogen) atoms. The highest BCUT2D eigenvalue weighted by Crippen LogP contribution is 2.20. The second-order valence-corrected chi connectivity index (χ2v) is 6.30. The van der Waals surface area contributed by atoms with Crippen molar-refractivity contribution in [2.45, 2.75) is 18.3 Å². The van der Waals surface area contributed by atoms with Crippen LogP contribution in [0.4, 0.5) is 0 Å². The van der Waals surface area contributed by atoms with Crippen molar-refractivity contribution in [2.75, 3.05) is 6.54 Å². The van der Waals surface area contributed by atoms with Crippen LogP contribution in [0.25, 0.3) is 0 Å². The van der Waals surface area contributed by atoms with Crippen molar-refractivity contribution >= 4 is 39.8 Å². The molecule has 0 aliphatic carbocycles. The maximum atomic E-state index is 11.7. The van der Waals surface area contributed by atoms with Crippen LogP contribution in [0.1, 0.15) is 18.4 Å². The highest BCUT2D eigenvalue weighted by Gasteiger charge is 2.14. The minimum atomic E-state index is -0.0997. The van der Waals surface area contributed by atoms with Gasteiger partial charge in [-0.05, 0) is 29.5 Å². The summed E-state index contributed by atoms with van der Waals surface area (Å²) in [5.41, 5.74) is 6.75. The normalized spacial score (nSPS) is 18.1. The average molecular weight is 354 g/mol. The molecule has 0 bridgehead atoms. The lowest BCUT2D eigenvalue weighted by Gasteiger charge is -2.20. The van der Waals surface area contributed by atoms with Crippen molar-refractivity contribution in [1.82, 2.24) is 4.90 Å². The maximum absolute atomic E-state index is 11.7. The number of carbonyl (C=O) groups excluding carboxylic acids is 1. The lowest BCUT2D eigenvalue weighted by atomic mass is 10.2. The van der Waals surface area contributed by atoms with Crippen LogP contribution in [0.3, 0.4) is 0 Å². The van der Waals surface area contributed by atoms with Gasteiger partial charge in [0.25, 0.3) is 0 Å². The Balaban J connectivity index is 1.72. The maximum Gasteiger partial charge on any atom is 0.245 e. The summed E-state index contributed by atoms with van der Waals surface area (Å²) in [6.45, 7) is 0.782. The fourth-order valence-electron chi connectivity index (χ4n) is 1.73. The Labute approximate surface area is 131 Å². The van der Waals surface area contributed by atoms with Gasteiger partial charge in [-0.1, -0.05) is 39.8 Å². The van der Waals surface area contributed by atoms with E-state index in [1.165, 1.54) is 0 Å². The van der Waals surface area contributed by atoms with Gasteiger partial charge in [0, 0.05) is 29.9 Å². The summed E-state index contributed by atoms with van der Waals surface area (Å²) in [6, 6.07) is 7.66. The molecule has 0 saturated heterocycles. The van der Waals surface area contributed by atoms with Gasteiger partial charge in [-0.3, -0.25) is 4.79 Å². The van der Waals surface area contributed by atoms with Crippen LogP contribution in [0.5, 0.6) is 0 Å². The van der Waals surface area contributed by atoms with Gasteiger partial charge in [-0.2, -0.15) is 0 Å². The number of carbonyl (C=O) groups is 1. The van der Waals surface area contributed by atoms with Crippen molar-refractivity contribution in [2.24, 2.45) is 10.7 Å². The van der Waals surface area contributed by atoms with Gasteiger partial charge >= 0.3 is 0 Å².